The predicted octanol–water partition coefficient (Wildman–Crippen LogP) is 3.45. The van der Waals surface area contributed by atoms with Crippen LogP contribution >= 0.6 is 11.6 Å². The molecule has 1 aliphatic heterocycles. The zero-order valence-corrected chi connectivity index (χ0v) is 15.8. The van der Waals surface area contributed by atoms with E-state index in [2.05, 4.69) is 10.1 Å². The first kappa shape index (κ1) is 20.3. The van der Waals surface area contributed by atoms with Gasteiger partial charge >= 0.3 is 12.2 Å². The lowest BCUT2D eigenvalue weighted by atomic mass is 9.87. The molecule has 0 spiro atoms. The van der Waals surface area contributed by atoms with Crippen LogP contribution in [0.25, 0.3) is 0 Å². The van der Waals surface area contributed by atoms with Crippen molar-refractivity contribution < 1.29 is 24.2 Å². The van der Waals surface area contributed by atoms with Crippen LogP contribution in [0.5, 0.6) is 0 Å². The lowest BCUT2D eigenvalue weighted by Crippen LogP contribution is -2.41. The molecule has 0 radical (unpaired) electrons. The van der Waals surface area contributed by atoms with Crippen LogP contribution in [0.2, 0.25) is 5.02 Å². The smallest absolute Gasteiger partial charge is 0.407 e. The van der Waals surface area contributed by atoms with Gasteiger partial charge in [0.05, 0.1) is 19.8 Å². The number of hydrogen-bond donors (Lipinski definition) is 2. The van der Waals surface area contributed by atoms with E-state index in [1.54, 1.807) is 0 Å². The van der Waals surface area contributed by atoms with Crippen molar-refractivity contribution in [2.75, 3.05) is 33.4 Å². The van der Waals surface area contributed by atoms with Crippen molar-refractivity contribution in [2.24, 2.45) is 5.92 Å². The number of rotatable bonds is 6. The lowest BCUT2D eigenvalue weighted by Gasteiger charge is -2.36. The molecular formula is C18H25ClN2O5. The number of methoxy groups -OCH3 is 1. The summed E-state index contributed by atoms with van der Waals surface area (Å²) in [5.41, 5.74) is 1.99. The van der Waals surface area contributed by atoms with Gasteiger partial charge in [-0.3, -0.25) is 0 Å². The van der Waals surface area contributed by atoms with Gasteiger partial charge in [0.15, 0.2) is 0 Å². The summed E-state index contributed by atoms with van der Waals surface area (Å²) in [5, 5.41) is 12.5. The quantitative estimate of drug-likeness (QED) is 0.733. The minimum atomic E-state index is -0.913. The molecule has 144 valence electrons. The van der Waals surface area contributed by atoms with Crippen LogP contribution in [0.3, 0.4) is 0 Å². The van der Waals surface area contributed by atoms with Crippen molar-refractivity contribution in [1.29, 1.82) is 0 Å². The van der Waals surface area contributed by atoms with E-state index < -0.39 is 12.2 Å². The average Bonchev–Trinajstić information content (AvgIpc) is 2.64. The number of carbonyl (C=O) groups is 2. The Hall–Kier alpha value is -1.99. The Balaban J connectivity index is 2.14. The number of carboxylic acid groups (broad SMARTS) is 1. The van der Waals surface area contributed by atoms with Gasteiger partial charge in [0.25, 0.3) is 0 Å². The van der Waals surface area contributed by atoms with E-state index in [1.807, 2.05) is 25.1 Å². The fraction of sp³-hybridized carbons (Fsp3) is 0.556. The minimum Gasteiger partial charge on any atom is -0.465 e. The first-order chi connectivity index (χ1) is 12.4. The summed E-state index contributed by atoms with van der Waals surface area (Å²) in [6, 6.07) is 5.62. The third-order valence-electron chi connectivity index (χ3n) is 4.56. The van der Waals surface area contributed by atoms with Gasteiger partial charge < -0.3 is 24.8 Å². The molecule has 1 aromatic rings. The van der Waals surface area contributed by atoms with Crippen LogP contribution in [0.15, 0.2) is 18.2 Å². The normalized spacial score (nSPS) is 18.3. The third kappa shape index (κ3) is 5.51. The lowest BCUT2D eigenvalue weighted by molar-refractivity contribution is -0.0120. The van der Waals surface area contributed by atoms with Crippen molar-refractivity contribution in [3.63, 3.8) is 0 Å². The number of likely N-dealkylation sites (tertiary alicyclic amines) is 1. The van der Waals surface area contributed by atoms with Crippen LogP contribution in [0.4, 0.5) is 9.59 Å². The second kappa shape index (κ2) is 9.64. The van der Waals surface area contributed by atoms with E-state index in [0.29, 0.717) is 24.7 Å². The molecule has 2 rings (SSSR count). The molecule has 2 atom stereocenters. The second-order valence-electron chi connectivity index (χ2n) is 6.34. The number of benzene rings is 1. The molecule has 1 aromatic carbocycles. The molecule has 1 aliphatic rings. The Morgan fingerprint density at radius 2 is 2.23 bits per heavy atom. The Morgan fingerprint density at radius 3 is 2.92 bits per heavy atom. The van der Waals surface area contributed by atoms with Crippen LogP contribution in [0, 0.1) is 12.8 Å². The number of ether oxygens (including phenoxy) is 2. The highest BCUT2D eigenvalue weighted by Crippen LogP contribution is 2.35. The van der Waals surface area contributed by atoms with Gasteiger partial charge in [-0.15, -0.1) is 0 Å². The second-order valence-corrected chi connectivity index (χ2v) is 6.78. The maximum absolute atomic E-state index is 11.4. The molecule has 1 saturated heterocycles. The van der Waals surface area contributed by atoms with E-state index in [1.165, 1.54) is 12.0 Å². The highest BCUT2D eigenvalue weighted by molar-refractivity contribution is 6.30. The van der Waals surface area contributed by atoms with Crippen molar-refractivity contribution >= 4 is 23.8 Å². The molecular weight excluding hydrogens is 360 g/mol. The zero-order valence-electron chi connectivity index (χ0n) is 15.0. The minimum absolute atomic E-state index is 0.0233. The van der Waals surface area contributed by atoms with E-state index in [0.717, 1.165) is 24.0 Å². The summed E-state index contributed by atoms with van der Waals surface area (Å²) >= 11 is 6.17. The number of piperidine rings is 1. The number of aryl methyl sites for hydroxylation is 1. The topological polar surface area (TPSA) is 88.1 Å². The number of amides is 2. The third-order valence-corrected chi connectivity index (χ3v) is 4.79. The number of alkyl carbamates (subject to hydrolysis) is 1. The molecule has 0 saturated carbocycles. The highest BCUT2D eigenvalue weighted by atomic mass is 35.5. The summed E-state index contributed by atoms with van der Waals surface area (Å²) in [7, 11) is 1.30. The molecule has 8 heteroatoms. The van der Waals surface area contributed by atoms with Crippen LogP contribution < -0.4 is 5.32 Å². The molecule has 0 bridgehead atoms. The number of hydrogen-bond acceptors (Lipinski definition) is 4. The number of halogens is 1. The van der Waals surface area contributed by atoms with Gasteiger partial charge in [-0.1, -0.05) is 17.7 Å². The molecule has 1 heterocycles. The largest absolute Gasteiger partial charge is 0.465 e. The summed E-state index contributed by atoms with van der Waals surface area (Å²) in [6.07, 6.45) is -0.0699. The van der Waals surface area contributed by atoms with Gasteiger partial charge in [0, 0.05) is 30.6 Å². The predicted molar refractivity (Wildman–Crippen MR) is 97.6 cm³/mol. The monoisotopic (exact) mass is 384 g/mol. The summed E-state index contributed by atoms with van der Waals surface area (Å²) in [6.45, 7) is 3.52. The summed E-state index contributed by atoms with van der Waals surface area (Å²) in [4.78, 5) is 23.9. The van der Waals surface area contributed by atoms with Gasteiger partial charge in [-0.25, -0.2) is 9.59 Å². The number of carbonyl (C=O) groups excluding carboxylic acids is 1. The highest BCUT2D eigenvalue weighted by Gasteiger charge is 2.32. The maximum atomic E-state index is 11.4. The van der Waals surface area contributed by atoms with Gasteiger partial charge in [0.2, 0.25) is 0 Å². The zero-order chi connectivity index (χ0) is 19.1. The van der Waals surface area contributed by atoms with Crippen LogP contribution in [0.1, 0.15) is 30.1 Å². The van der Waals surface area contributed by atoms with Crippen molar-refractivity contribution in [1.82, 2.24) is 10.2 Å². The summed E-state index contributed by atoms with van der Waals surface area (Å²) in [5.74, 6) is 0.0233. The Kier molecular flexibility index (Phi) is 7.53. The van der Waals surface area contributed by atoms with E-state index in [9.17, 15) is 14.7 Å². The van der Waals surface area contributed by atoms with E-state index in [-0.39, 0.29) is 18.6 Å². The maximum Gasteiger partial charge on any atom is 0.407 e. The number of nitrogens with one attached hydrogen (secondary N) is 1. The number of nitrogens with zero attached hydrogens (tertiary/aromatic N) is 1. The first-order valence-electron chi connectivity index (χ1n) is 8.59. The molecule has 7 nitrogen and oxygen atoms in total. The van der Waals surface area contributed by atoms with Crippen molar-refractivity contribution in [2.45, 2.75) is 25.9 Å². The van der Waals surface area contributed by atoms with E-state index >= 15 is 0 Å². The SMILES string of the molecule is COC(=O)NCCO[C@@H](c1cc(Cl)ccc1C)C1CCCN(C(=O)O)C1. The molecule has 2 N–H and O–H groups in total. The van der Waals surface area contributed by atoms with Crippen molar-refractivity contribution in [3.05, 3.63) is 34.3 Å². The molecule has 2 amide bonds. The first-order valence-corrected chi connectivity index (χ1v) is 8.97. The fourth-order valence-electron chi connectivity index (χ4n) is 3.24. The van der Waals surface area contributed by atoms with Crippen molar-refractivity contribution in [3.8, 4) is 0 Å². The summed E-state index contributed by atoms with van der Waals surface area (Å²) < 4.78 is 10.6. The van der Waals surface area contributed by atoms with Crippen LogP contribution in [-0.4, -0.2) is 55.5 Å². The average molecular weight is 385 g/mol. The van der Waals surface area contributed by atoms with Gasteiger partial charge in [-0.05, 0) is 43.0 Å². The fourth-order valence-corrected chi connectivity index (χ4v) is 3.42. The molecule has 0 aliphatic carbocycles. The van der Waals surface area contributed by atoms with Gasteiger partial charge in [-0.2, -0.15) is 0 Å². The van der Waals surface area contributed by atoms with Gasteiger partial charge in [0.1, 0.15) is 0 Å². The molecule has 1 fully saturated rings. The Morgan fingerprint density at radius 1 is 1.46 bits per heavy atom. The molecule has 1 unspecified atom stereocenters. The van der Waals surface area contributed by atoms with E-state index in [4.69, 9.17) is 16.3 Å². The van der Waals surface area contributed by atoms with Crippen LogP contribution in [-0.2, 0) is 9.47 Å². The Labute approximate surface area is 158 Å². The Bertz CT molecular complexity index is 640. The molecule has 26 heavy (non-hydrogen) atoms. The molecule has 0 aromatic heterocycles. The standard InChI is InChI=1S/C18H25ClN2O5/c1-12-5-6-14(19)10-15(12)16(26-9-7-20-17(22)25-2)13-4-3-8-21(11-13)18(23)24/h5-6,10,13,16H,3-4,7-9,11H2,1-2H3,(H,20,22)(H,23,24)/t13?,16-/m1/s1.